The van der Waals surface area contributed by atoms with E-state index < -0.39 is 12.0 Å². The van der Waals surface area contributed by atoms with Gasteiger partial charge in [0, 0.05) is 50.5 Å². The predicted octanol–water partition coefficient (Wildman–Crippen LogP) is 2.14. The number of carbonyl (C=O) groups is 3. The minimum atomic E-state index is -0.500. The molecule has 2 aliphatic heterocycles. The highest BCUT2D eigenvalue weighted by Crippen LogP contribution is 2.23. The number of ether oxygens (including phenoxy) is 3. The molecule has 4 rings (SSSR count). The van der Waals surface area contributed by atoms with Crippen LogP contribution in [-0.2, 0) is 14.3 Å². The number of anilines is 1. The number of cyclic esters (lactones) is 1. The highest BCUT2D eigenvalue weighted by Gasteiger charge is 2.34. The maximum atomic E-state index is 12.6. The summed E-state index contributed by atoms with van der Waals surface area (Å²) in [5.41, 5.74) is 7.65. The number of amidine groups is 1. The van der Waals surface area contributed by atoms with Crippen LogP contribution < -0.4 is 15.4 Å². The third-order valence-corrected chi connectivity index (χ3v) is 6.77. The van der Waals surface area contributed by atoms with Gasteiger partial charge in [-0.3, -0.25) is 19.4 Å². The first-order valence-electron chi connectivity index (χ1n) is 13.1. The van der Waals surface area contributed by atoms with Gasteiger partial charge in [0.05, 0.1) is 32.2 Å². The van der Waals surface area contributed by atoms with Crippen LogP contribution in [0.2, 0.25) is 0 Å². The zero-order chi connectivity index (χ0) is 27.8. The van der Waals surface area contributed by atoms with Gasteiger partial charge in [-0.25, -0.2) is 4.79 Å². The average Bonchev–Trinajstić information content (AvgIpc) is 3.32. The van der Waals surface area contributed by atoms with Crippen molar-refractivity contribution in [3.8, 4) is 5.75 Å². The minimum Gasteiger partial charge on any atom is -0.496 e. The van der Waals surface area contributed by atoms with E-state index in [4.69, 9.17) is 19.9 Å². The van der Waals surface area contributed by atoms with Crippen LogP contribution in [0.5, 0.6) is 5.75 Å². The van der Waals surface area contributed by atoms with Gasteiger partial charge in [-0.15, -0.1) is 0 Å². The van der Waals surface area contributed by atoms with Crippen LogP contribution in [0, 0.1) is 0 Å². The molecule has 208 valence electrons. The summed E-state index contributed by atoms with van der Waals surface area (Å²) in [5.74, 6) is -0.171. The van der Waals surface area contributed by atoms with Crippen LogP contribution in [-0.4, -0.2) is 99.2 Å². The van der Waals surface area contributed by atoms with E-state index in [9.17, 15) is 14.4 Å². The first-order valence-corrected chi connectivity index (χ1v) is 13.1. The number of hydrogen-bond donors (Lipinski definition) is 1. The van der Waals surface area contributed by atoms with Crippen LogP contribution in [0.15, 0.2) is 53.5 Å². The number of aliphatic imine (C=N–C) groups is 1. The lowest BCUT2D eigenvalue weighted by Gasteiger charge is -2.35. The lowest BCUT2D eigenvalue weighted by molar-refractivity contribution is -0.143. The fourth-order valence-electron chi connectivity index (χ4n) is 4.66. The van der Waals surface area contributed by atoms with Gasteiger partial charge in [0.2, 0.25) is 0 Å². The molecule has 11 heteroatoms. The average molecular weight is 538 g/mol. The van der Waals surface area contributed by atoms with Crippen LogP contribution >= 0.6 is 0 Å². The lowest BCUT2D eigenvalue weighted by atomic mass is 10.1. The van der Waals surface area contributed by atoms with E-state index in [1.807, 2.05) is 6.92 Å². The molecule has 2 fully saturated rings. The monoisotopic (exact) mass is 537 g/mol. The van der Waals surface area contributed by atoms with E-state index >= 15 is 0 Å². The summed E-state index contributed by atoms with van der Waals surface area (Å²) in [5, 5.41) is 0. The molecule has 1 atom stereocenters. The van der Waals surface area contributed by atoms with E-state index in [-0.39, 0.29) is 17.9 Å². The molecule has 0 spiro atoms. The van der Waals surface area contributed by atoms with E-state index in [1.54, 1.807) is 53.4 Å². The van der Waals surface area contributed by atoms with Gasteiger partial charge in [-0.1, -0.05) is 12.1 Å². The Kier molecular flexibility index (Phi) is 9.50. The summed E-state index contributed by atoms with van der Waals surface area (Å²) < 4.78 is 15.9. The second kappa shape index (κ2) is 13.2. The summed E-state index contributed by atoms with van der Waals surface area (Å²) in [4.78, 5) is 46.9. The second-order valence-corrected chi connectivity index (χ2v) is 9.36. The number of amides is 2. The van der Waals surface area contributed by atoms with Crippen LogP contribution in [0.25, 0.3) is 0 Å². The number of nitrogens with zero attached hydrogens (tertiary/aromatic N) is 4. The van der Waals surface area contributed by atoms with Crippen LogP contribution in [0.3, 0.4) is 0 Å². The molecular formula is C28H35N5O6. The Morgan fingerprint density at radius 2 is 1.74 bits per heavy atom. The Morgan fingerprint density at radius 3 is 2.44 bits per heavy atom. The van der Waals surface area contributed by atoms with Crippen molar-refractivity contribution in [3.05, 3.63) is 59.7 Å². The fourth-order valence-corrected chi connectivity index (χ4v) is 4.66. The molecule has 2 N–H and O–H groups in total. The highest BCUT2D eigenvalue weighted by atomic mass is 16.6. The third kappa shape index (κ3) is 7.33. The molecule has 0 saturated carbocycles. The summed E-state index contributed by atoms with van der Waals surface area (Å²) in [6.45, 7) is 7.40. The summed E-state index contributed by atoms with van der Waals surface area (Å²) in [6.07, 6.45) is -0.237. The van der Waals surface area contributed by atoms with Crippen molar-refractivity contribution in [2.75, 3.05) is 64.4 Å². The van der Waals surface area contributed by atoms with Gasteiger partial charge >= 0.3 is 12.1 Å². The van der Waals surface area contributed by atoms with E-state index in [0.717, 1.165) is 26.2 Å². The molecule has 2 aliphatic rings. The number of hydrogen-bond acceptors (Lipinski definition) is 8. The van der Waals surface area contributed by atoms with E-state index in [0.29, 0.717) is 55.2 Å². The topological polar surface area (TPSA) is 127 Å². The van der Waals surface area contributed by atoms with Crippen LogP contribution in [0.4, 0.5) is 10.5 Å². The molecule has 11 nitrogen and oxygen atoms in total. The number of esters is 1. The molecule has 0 radical (unpaired) electrons. The normalized spacial score (nSPS) is 18.6. The maximum Gasteiger partial charge on any atom is 0.414 e. The van der Waals surface area contributed by atoms with Crippen molar-refractivity contribution < 1.29 is 28.6 Å². The van der Waals surface area contributed by atoms with Crippen molar-refractivity contribution >= 4 is 29.5 Å². The van der Waals surface area contributed by atoms with Crippen molar-refractivity contribution in [1.82, 2.24) is 9.80 Å². The Labute approximate surface area is 228 Å². The molecule has 2 heterocycles. The van der Waals surface area contributed by atoms with Crippen LogP contribution in [0.1, 0.15) is 29.3 Å². The molecule has 0 aromatic heterocycles. The van der Waals surface area contributed by atoms with Gasteiger partial charge in [0.25, 0.3) is 5.91 Å². The number of benzene rings is 2. The largest absolute Gasteiger partial charge is 0.496 e. The van der Waals surface area contributed by atoms with Crippen molar-refractivity contribution in [2.24, 2.45) is 10.7 Å². The number of para-hydroxylation sites is 1. The summed E-state index contributed by atoms with van der Waals surface area (Å²) >= 11 is 0. The molecule has 1 unspecified atom stereocenters. The number of methoxy groups -OCH3 is 1. The Morgan fingerprint density at radius 1 is 1.05 bits per heavy atom. The molecule has 2 amide bonds. The number of nitrogens with two attached hydrogens (primary N) is 1. The quantitative estimate of drug-likeness (QED) is 0.275. The Bertz CT molecular complexity index is 1190. The highest BCUT2D eigenvalue weighted by molar-refractivity contribution is 6.09. The molecule has 0 aliphatic carbocycles. The Hall–Kier alpha value is -3.96. The molecule has 2 aromatic carbocycles. The number of rotatable bonds is 10. The minimum absolute atomic E-state index is 0.0701. The molecular weight excluding hydrogens is 502 g/mol. The van der Waals surface area contributed by atoms with Crippen molar-refractivity contribution in [3.63, 3.8) is 0 Å². The standard InChI is InChI=1S/C28H35N5O6/c1-3-38-25(34)12-13-31-14-16-32(17-15-31)18-22-19-33(28(36)39-22)21-10-8-20(9-11-21)26(29)30-27(35)23-6-4-5-7-24(23)37-2/h4-11,22H,3,12-19H2,1-2H3,(H2,29,30,35). The zero-order valence-corrected chi connectivity index (χ0v) is 22.4. The third-order valence-electron chi connectivity index (χ3n) is 6.77. The van der Waals surface area contributed by atoms with Gasteiger partial charge < -0.3 is 24.8 Å². The number of carbonyl (C=O) groups excluding carboxylic acids is 3. The molecule has 39 heavy (non-hydrogen) atoms. The molecule has 2 aromatic rings. The zero-order valence-electron chi connectivity index (χ0n) is 22.4. The summed E-state index contributed by atoms with van der Waals surface area (Å²) in [6, 6.07) is 13.8. The van der Waals surface area contributed by atoms with E-state index in [2.05, 4.69) is 14.8 Å². The molecule has 0 bridgehead atoms. The first-order chi connectivity index (χ1) is 18.9. The second-order valence-electron chi connectivity index (χ2n) is 9.36. The van der Waals surface area contributed by atoms with Gasteiger partial charge in [0.15, 0.2) is 0 Å². The maximum absolute atomic E-state index is 12.6. The molecule has 2 saturated heterocycles. The SMILES string of the molecule is CCOC(=O)CCN1CCN(CC2CN(c3ccc(C(N)=NC(=O)c4ccccc4OC)cc3)C(=O)O2)CC1. The fraction of sp³-hybridized carbons (Fsp3) is 0.429. The van der Waals surface area contributed by atoms with Gasteiger partial charge in [-0.2, -0.15) is 4.99 Å². The summed E-state index contributed by atoms with van der Waals surface area (Å²) in [7, 11) is 1.49. The smallest absolute Gasteiger partial charge is 0.414 e. The van der Waals surface area contributed by atoms with Crippen molar-refractivity contribution in [1.29, 1.82) is 0 Å². The van der Waals surface area contributed by atoms with E-state index in [1.165, 1.54) is 7.11 Å². The Balaban J connectivity index is 1.28. The van der Waals surface area contributed by atoms with Gasteiger partial charge in [-0.05, 0) is 43.3 Å². The number of piperazine rings is 1. The lowest BCUT2D eigenvalue weighted by Crippen LogP contribution is -2.49. The van der Waals surface area contributed by atoms with Crippen molar-refractivity contribution in [2.45, 2.75) is 19.4 Å². The first kappa shape index (κ1) is 28.1. The van der Waals surface area contributed by atoms with Gasteiger partial charge in [0.1, 0.15) is 17.7 Å². The predicted molar refractivity (Wildman–Crippen MR) is 146 cm³/mol.